The van der Waals surface area contributed by atoms with E-state index in [-0.39, 0.29) is 0 Å². The van der Waals surface area contributed by atoms with Crippen molar-refractivity contribution in [2.75, 3.05) is 0 Å². The van der Waals surface area contributed by atoms with Gasteiger partial charge in [0.05, 0.1) is 5.60 Å². The van der Waals surface area contributed by atoms with E-state index in [0.717, 1.165) is 44.1 Å². The molecule has 0 bridgehead atoms. The molecule has 0 aliphatic heterocycles. The molecule has 0 aromatic heterocycles. The topological polar surface area (TPSA) is 20.2 Å². The molecule has 0 spiro atoms. The molecule has 15 heavy (non-hydrogen) atoms. The van der Waals surface area contributed by atoms with Gasteiger partial charge >= 0.3 is 0 Å². The van der Waals surface area contributed by atoms with E-state index in [1.165, 1.54) is 5.56 Å². The lowest BCUT2D eigenvalue weighted by molar-refractivity contribution is 0.0436. The van der Waals surface area contributed by atoms with E-state index in [9.17, 15) is 5.11 Å². The van der Waals surface area contributed by atoms with Crippen molar-refractivity contribution in [1.82, 2.24) is 0 Å². The van der Waals surface area contributed by atoms with E-state index in [0.29, 0.717) is 0 Å². The van der Waals surface area contributed by atoms with Crippen LogP contribution in [-0.4, -0.2) is 5.11 Å². The summed E-state index contributed by atoms with van der Waals surface area (Å²) in [6.07, 6.45) is 6.00. The summed E-state index contributed by atoms with van der Waals surface area (Å²) in [5, 5.41) is 10.5. The molecule has 0 heterocycles. The van der Waals surface area contributed by atoms with Gasteiger partial charge in [-0.25, -0.2) is 0 Å². The highest BCUT2D eigenvalue weighted by Gasteiger charge is 2.34. The lowest BCUT2D eigenvalue weighted by atomic mass is 9.87. The van der Waals surface area contributed by atoms with E-state index in [1.54, 1.807) is 0 Å². The van der Waals surface area contributed by atoms with Crippen LogP contribution in [0.2, 0.25) is 0 Å². The zero-order chi connectivity index (χ0) is 10.7. The molecular weight excluding hydrogens is 184 g/mol. The van der Waals surface area contributed by atoms with E-state index in [1.807, 2.05) is 12.1 Å². The molecule has 1 aliphatic carbocycles. The summed E-state index contributed by atoms with van der Waals surface area (Å²) in [5.41, 5.74) is 1.87. The number of hydrogen-bond donors (Lipinski definition) is 1. The van der Waals surface area contributed by atoms with Gasteiger partial charge in [-0.3, -0.25) is 0 Å². The van der Waals surface area contributed by atoms with Gasteiger partial charge < -0.3 is 5.11 Å². The molecule has 81 valence electrons. The summed E-state index contributed by atoms with van der Waals surface area (Å²) in [5.74, 6) is 0. The van der Waals surface area contributed by atoms with E-state index >= 15 is 0 Å². The van der Waals surface area contributed by atoms with Crippen LogP contribution in [0.1, 0.15) is 43.2 Å². The lowest BCUT2D eigenvalue weighted by Crippen LogP contribution is -2.22. The minimum absolute atomic E-state index is 0.550. The van der Waals surface area contributed by atoms with Gasteiger partial charge in [-0.05, 0) is 36.8 Å². The molecule has 1 nitrogen and oxygen atoms in total. The second-order valence-corrected chi connectivity index (χ2v) is 4.50. The van der Waals surface area contributed by atoms with Crippen molar-refractivity contribution in [2.24, 2.45) is 0 Å². The predicted octanol–water partition coefficient (Wildman–Crippen LogP) is 3.21. The minimum atomic E-state index is -0.550. The smallest absolute Gasteiger partial charge is 0.0899 e. The van der Waals surface area contributed by atoms with Gasteiger partial charge in [0.25, 0.3) is 0 Å². The van der Waals surface area contributed by atoms with E-state index in [4.69, 9.17) is 0 Å². The Labute approximate surface area is 92.1 Å². The highest BCUT2D eigenvalue weighted by Crippen LogP contribution is 2.40. The number of hydrogen-bond acceptors (Lipinski definition) is 1. The first kappa shape index (κ1) is 10.7. The molecular formula is C14H19O. The van der Waals surface area contributed by atoms with Crippen LogP contribution < -0.4 is 0 Å². The van der Waals surface area contributed by atoms with Gasteiger partial charge in [-0.1, -0.05) is 44.0 Å². The van der Waals surface area contributed by atoms with Crippen molar-refractivity contribution >= 4 is 0 Å². The van der Waals surface area contributed by atoms with Crippen LogP contribution in [0, 0.1) is 6.92 Å². The predicted molar refractivity (Wildman–Crippen MR) is 62.5 cm³/mol. The van der Waals surface area contributed by atoms with Crippen molar-refractivity contribution < 1.29 is 5.11 Å². The SMILES string of the molecule is [CH2]CCc1ccccc1C1(O)CCCC1. The Bertz CT molecular complexity index is 324. The number of aryl methyl sites for hydroxylation is 1. The Morgan fingerprint density at radius 1 is 1.20 bits per heavy atom. The van der Waals surface area contributed by atoms with Crippen molar-refractivity contribution in [2.45, 2.75) is 44.1 Å². The number of benzene rings is 1. The van der Waals surface area contributed by atoms with Crippen LogP contribution in [-0.2, 0) is 12.0 Å². The second-order valence-electron chi connectivity index (χ2n) is 4.50. The fourth-order valence-corrected chi connectivity index (χ4v) is 2.61. The average Bonchev–Trinajstić information content (AvgIpc) is 2.68. The van der Waals surface area contributed by atoms with E-state index in [2.05, 4.69) is 19.1 Å². The van der Waals surface area contributed by atoms with Gasteiger partial charge in [-0.2, -0.15) is 0 Å². The van der Waals surface area contributed by atoms with Gasteiger partial charge in [0.1, 0.15) is 0 Å². The second kappa shape index (κ2) is 4.36. The van der Waals surface area contributed by atoms with Crippen LogP contribution in [0.15, 0.2) is 24.3 Å². The van der Waals surface area contributed by atoms with Crippen LogP contribution in [0.4, 0.5) is 0 Å². The maximum atomic E-state index is 10.5. The van der Waals surface area contributed by atoms with Crippen LogP contribution in [0.3, 0.4) is 0 Å². The normalized spacial score (nSPS) is 19.3. The van der Waals surface area contributed by atoms with Crippen LogP contribution in [0.5, 0.6) is 0 Å². The Balaban J connectivity index is 2.33. The van der Waals surface area contributed by atoms with Gasteiger partial charge in [0, 0.05) is 0 Å². The maximum Gasteiger partial charge on any atom is 0.0899 e. The Morgan fingerprint density at radius 3 is 2.53 bits per heavy atom. The first-order valence-electron chi connectivity index (χ1n) is 5.86. The summed E-state index contributed by atoms with van der Waals surface area (Å²) in [4.78, 5) is 0. The average molecular weight is 203 g/mol. The number of rotatable bonds is 3. The van der Waals surface area contributed by atoms with Crippen molar-refractivity contribution in [3.63, 3.8) is 0 Å². The molecule has 1 aromatic carbocycles. The molecule has 1 radical (unpaired) electrons. The highest BCUT2D eigenvalue weighted by atomic mass is 16.3. The summed E-state index contributed by atoms with van der Waals surface area (Å²) < 4.78 is 0. The fourth-order valence-electron chi connectivity index (χ4n) is 2.61. The molecule has 1 aromatic rings. The van der Waals surface area contributed by atoms with Crippen molar-refractivity contribution in [3.8, 4) is 0 Å². The van der Waals surface area contributed by atoms with Crippen LogP contribution in [0.25, 0.3) is 0 Å². The molecule has 1 heteroatoms. The summed E-state index contributed by atoms with van der Waals surface area (Å²) in [6.45, 7) is 3.89. The molecule has 1 aliphatic rings. The highest BCUT2D eigenvalue weighted by molar-refractivity contribution is 5.33. The summed E-state index contributed by atoms with van der Waals surface area (Å²) >= 11 is 0. The third-order valence-electron chi connectivity index (χ3n) is 3.40. The first-order chi connectivity index (χ1) is 7.26. The largest absolute Gasteiger partial charge is 0.385 e. The van der Waals surface area contributed by atoms with Gasteiger partial charge in [0.15, 0.2) is 0 Å². The standard InChI is InChI=1S/C14H19O/c1-2-7-12-8-3-4-9-13(12)14(15)10-5-6-11-14/h3-4,8-9,15H,1-2,5-7,10-11H2. The van der Waals surface area contributed by atoms with Crippen LogP contribution >= 0.6 is 0 Å². The molecule has 0 saturated heterocycles. The molecule has 1 fully saturated rings. The Kier molecular flexibility index (Phi) is 3.11. The number of aliphatic hydroxyl groups is 1. The van der Waals surface area contributed by atoms with Gasteiger partial charge in [0.2, 0.25) is 0 Å². The molecule has 0 atom stereocenters. The first-order valence-corrected chi connectivity index (χ1v) is 5.86. The van der Waals surface area contributed by atoms with Crippen molar-refractivity contribution in [1.29, 1.82) is 0 Å². The third kappa shape index (κ3) is 2.07. The van der Waals surface area contributed by atoms with Crippen molar-refractivity contribution in [3.05, 3.63) is 42.3 Å². The Hall–Kier alpha value is -0.820. The van der Waals surface area contributed by atoms with E-state index < -0.39 is 5.60 Å². The monoisotopic (exact) mass is 203 g/mol. The molecule has 2 rings (SSSR count). The summed E-state index contributed by atoms with van der Waals surface area (Å²) in [6, 6.07) is 8.28. The Morgan fingerprint density at radius 2 is 1.87 bits per heavy atom. The zero-order valence-corrected chi connectivity index (χ0v) is 9.21. The molecule has 0 unspecified atom stereocenters. The van der Waals surface area contributed by atoms with Gasteiger partial charge in [-0.15, -0.1) is 0 Å². The molecule has 1 saturated carbocycles. The molecule has 1 N–H and O–H groups in total. The quantitative estimate of drug-likeness (QED) is 0.799. The lowest BCUT2D eigenvalue weighted by Gasteiger charge is -2.25. The summed E-state index contributed by atoms with van der Waals surface area (Å²) in [7, 11) is 0. The zero-order valence-electron chi connectivity index (χ0n) is 9.21. The third-order valence-corrected chi connectivity index (χ3v) is 3.40. The molecule has 0 amide bonds. The fraction of sp³-hybridized carbons (Fsp3) is 0.500. The maximum absolute atomic E-state index is 10.5. The minimum Gasteiger partial charge on any atom is -0.385 e.